The molecule has 1 aliphatic heterocycles. The third-order valence-corrected chi connectivity index (χ3v) is 6.80. The molecule has 0 aromatic heterocycles. The molecule has 2 rings (SSSR count). The summed E-state index contributed by atoms with van der Waals surface area (Å²) in [5.74, 6) is -0.314. The Bertz CT molecular complexity index is 730. The molecular formula is C17H28ClN3O4S. The Morgan fingerprint density at radius 2 is 1.85 bits per heavy atom. The summed E-state index contributed by atoms with van der Waals surface area (Å²) in [4.78, 5) is 12.7. The lowest BCUT2D eigenvalue weighted by atomic mass is 9.90. The van der Waals surface area contributed by atoms with Crippen molar-refractivity contribution in [3.05, 3.63) is 23.8 Å². The number of benzene rings is 1. The maximum atomic E-state index is 12.8. The molecule has 26 heavy (non-hydrogen) atoms. The summed E-state index contributed by atoms with van der Waals surface area (Å²) in [5.41, 5.74) is 6.26. The zero-order valence-electron chi connectivity index (χ0n) is 15.4. The van der Waals surface area contributed by atoms with Crippen LogP contribution in [-0.4, -0.2) is 50.5 Å². The van der Waals surface area contributed by atoms with Gasteiger partial charge in [-0.15, -0.1) is 12.4 Å². The smallest absolute Gasteiger partial charge is 0.244 e. The molecule has 9 heteroatoms. The molecule has 1 fully saturated rings. The molecule has 0 aliphatic carbocycles. The van der Waals surface area contributed by atoms with E-state index in [1.54, 1.807) is 32.9 Å². The Labute approximate surface area is 161 Å². The maximum Gasteiger partial charge on any atom is 0.244 e. The van der Waals surface area contributed by atoms with Crippen LogP contribution in [0.15, 0.2) is 23.1 Å². The molecule has 1 aromatic rings. The number of halogens is 1. The quantitative estimate of drug-likeness (QED) is 0.752. The van der Waals surface area contributed by atoms with E-state index in [-0.39, 0.29) is 23.2 Å². The van der Waals surface area contributed by atoms with Gasteiger partial charge in [-0.05, 0) is 37.5 Å². The second-order valence-electron chi connectivity index (χ2n) is 6.29. The second-order valence-corrected chi connectivity index (χ2v) is 8.20. The van der Waals surface area contributed by atoms with Gasteiger partial charge in [-0.1, -0.05) is 19.9 Å². The van der Waals surface area contributed by atoms with Gasteiger partial charge in [0.15, 0.2) is 0 Å². The van der Waals surface area contributed by atoms with Gasteiger partial charge in [0.25, 0.3) is 0 Å². The van der Waals surface area contributed by atoms with Crippen LogP contribution < -0.4 is 11.1 Å². The lowest BCUT2D eigenvalue weighted by Gasteiger charge is -2.31. The van der Waals surface area contributed by atoms with Crippen molar-refractivity contribution in [3.63, 3.8) is 0 Å². The van der Waals surface area contributed by atoms with Gasteiger partial charge in [-0.25, -0.2) is 8.42 Å². The molecule has 0 bridgehead atoms. The van der Waals surface area contributed by atoms with E-state index in [0.29, 0.717) is 50.4 Å². The highest BCUT2D eigenvalue weighted by Gasteiger charge is 2.36. The number of amides is 1. The van der Waals surface area contributed by atoms with Crippen LogP contribution in [0.1, 0.15) is 32.3 Å². The zero-order valence-corrected chi connectivity index (χ0v) is 17.1. The van der Waals surface area contributed by atoms with E-state index in [4.69, 9.17) is 10.5 Å². The molecule has 3 N–H and O–H groups in total. The molecule has 0 radical (unpaired) electrons. The van der Waals surface area contributed by atoms with Crippen LogP contribution in [0.3, 0.4) is 0 Å². The first kappa shape index (κ1) is 22.9. The Kier molecular flexibility index (Phi) is 8.04. The summed E-state index contributed by atoms with van der Waals surface area (Å²) in [6.07, 6.45) is 0.880. The fraction of sp³-hybridized carbons (Fsp3) is 0.588. The van der Waals surface area contributed by atoms with Crippen LogP contribution in [0.2, 0.25) is 0 Å². The predicted molar refractivity (Wildman–Crippen MR) is 104 cm³/mol. The number of nitrogens with one attached hydrogen (secondary N) is 1. The highest BCUT2D eigenvalue weighted by Crippen LogP contribution is 2.25. The number of aryl methyl sites for hydroxylation is 1. The number of carbonyl (C=O) groups excluding carboxylic acids is 1. The summed E-state index contributed by atoms with van der Waals surface area (Å²) in [6.45, 7) is 7.00. The van der Waals surface area contributed by atoms with E-state index in [1.807, 2.05) is 0 Å². The highest BCUT2D eigenvalue weighted by atomic mass is 35.5. The second kappa shape index (κ2) is 9.14. The first-order chi connectivity index (χ1) is 11.7. The first-order valence-corrected chi connectivity index (χ1v) is 9.97. The van der Waals surface area contributed by atoms with Crippen LogP contribution in [0.4, 0.5) is 5.69 Å². The van der Waals surface area contributed by atoms with Crippen molar-refractivity contribution < 1.29 is 17.9 Å². The summed E-state index contributed by atoms with van der Waals surface area (Å²) in [7, 11) is -3.60. The molecule has 1 saturated heterocycles. The van der Waals surface area contributed by atoms with E-state index < -0.39 is 15.6 Å². The minimum absolute atomic E-state index is 0. The zero-order chi connectivity index (χ0) is 18.7. The van der Waals surface area contributed by atoms with Crippen LogP contribution in [0, 0.1) is 6.92 Å². The van der Waals surface area contributed by atoms with E-state index in [9.17, 15) is 13.2 Å². The molecule has 0 unspecified atom stereocenters. The number of rotatable bonds is 6. The third kappa shape index (κ3) is 4.75. The number of hydrogen-bond acceptors (Lipinski definition) is 5. The average Bonchev–Trinajstić information content (AvgIpc) is 2.58. The first-order valence-electron chi connectivity index (χ1n) is 8.53. The molecular weight excluding hydrogens is 378 g/mol. The van der Waals surface area contributed by atoms with Crippen molar-refractivity contribution in [2.24, 2.45) is 5.73 Å². The molecule has 148 valence electrons. The van der Waals surface area contributed by atoms with Crippen molar-refractivity contribution in [3.8, 4) is 0 Å². The van der Waals surface area contributed by atoms with Crippen LogP contribution in [0.5, 0.6) is 0 Å². The molecule has 0 spiro atoms. The van der Waals surface area contributed by atoms with Gasteiger partial charge in [-0.3, -0.25) is 4.79 Å². The van der Waals surface area contributed by atoms with Gasteiger partial charge in [0.2, 0.25) is 15.9 Å². The maximum absolute atomic E-state index is 12.8. The van der Waals surface area contributed by atoms with Crippen molar-refractivity contribution >= 4 is 34.0 Å². The predicted octanol–water partition coefficient (Wildman–Crippen LogP) is 1.89. The van der Waals surface area contributed by atoms with Crippen molar-refractivity contribution in [2.75, 3.05) is 31.6 Å². The third-order valence-electron chi connectivity index (χ3n) is 4.61. The molecule has 1 aromatic carbocycles. The van der Waals surface area contributed by atoms with E-state index in [1.165, 1.54) is 10.4 Å². The molecule has 0 atom stereocenters. The number of nitrogens with two attached hydrogens (primary N) is 1. The molecule has 7 nitrogen and oxygen atoms in total. The number of sulfonamides is 1. The van der Waals surface area contributed by atoms with Gasteiger partial charge in [0, 0.05) is 32.0 Å². The Morgan fingerprint density at radius 3 is 2.38 bits per heavy atom. The standard InChI is InChI=1S/C17H27N3O4S.ClH/c1-4-20(5-2)25(22,23)15-12-14(7-6-13(15)3)19-16(21)17(18)8-10-24-11-9-17;/h6-7,12H,4-5,8-11,18H2,1-3H3,(H,19,21);1H. The largest absolute Gasteiger partial charge is 0.381 e. The summed E-state index contributed by atoms with van der Waals surface area (Å²) in [6, 6.07) is 4.89. The Morgan fingerprint density at radius 1 is 1.27 bits per heavy atom. The summed E-state index contributed by atoms with van der Waals surface area (Å²) < 4.78 is 32.2. The Balaban J connectivity index is 0.00000338. The van der Waals surface area contributed by atoms with Gasteiger partial charge in [0.1, 0.15) is 5.54 Å². The van der Waals surface area contributed by atoms with Gasteiger partial charge in [0.05, 0.1) is 4.90 Å². The number of nitrogens with zero attached hydrogens (tertiary/aromatic N) is 1. The Hall–Kier alpha value is -1.19. The van der Waals surface area contributed by atoms with E-state index >= 15 is 0 Å². The van der Waals surface area contributed by atoms with Crippen molar-refractivity contribution in [1.82, 2.24) is 4.31 Å². The fourth-order valence-electron chi connectivity index (χ4n) is 2.88. The molecule has 1 aliphatic rings. The topological polar surface area (TPSA) is 102 Å². The monoisotopic (exact) mass is 405 g/mol. The summed E-state index contributed by atoms with van der Waals surface area (Å²) in [5, 5.41) is 2.76. The minimum atomic E-state index is -3.60. The molecule has 0 saturated carbocycles. The number of ether oxygens (including phenoxy) is 1. The normalized spacial score (nSPS) is 16.8. The average molecular weight is 406 g/mol. The number of anilines is 1. The number of carbonyl (C=O) groups is 1. The van der Waals surface area contributed by atoms with Crippen LogP contribution >= 0.6 is 12.4 Å². The number of hydrogen-bond donors (Lipinski definition) is 2. The van der Waals surface area contributed by atoms with Crippen LogP contribution in [-0.2, 0) is 19.6 Å². The van der Waals surface area contributed by atoms with E-state index in [2.05, 4.69) is 5.32 Å². The van der Waals surface area contributed by atoms with Gasteiger partial charge >= 0.3 is 0 Å². The van der Waals surface area contributed by atoms with Crippen molar-refractivity contribution in [2.45, 2.75) is 44.0 Å². The summed E-state index contributed by atoms with van der Waals surface area (Å²) >= 11 is 0. The lowest BCUT2D eigenvalue weighted by Crippen LogP contribution is -2.54. The SMILES string of the molecule is CCN(CC)S(=O)(=O)c1cc(NC(=O)C2(N)CCOCC2)ccc1C.Cl. The lowest BCUT2D eigenvalue weighted by molar-refractivity contribution is -0.124. The minimum Gasteiger partial charge on any atom is -0.381 e. The van der Waals surface area contributed by atoms with Gasteiger partial charge in [-0.2, -0.15) is 4.31 Å². The molecule has 1 heterocycles. The van der Waals surface area contributed by atoms with Gasteiger partial charge < -0.3 is 15.8 Å². The van der Waals surface area contributed by atoms with E-state index in [0.717, 1.165) is 0 Å². The highest BCUT2D eigenvalue weighted by molar-refractivity contribution is 7.89. The van der Waals surface area contributed by atoms with Crippen LogP contribution in [0.25, 0.3) is 0 Å². The van der Waals surface area contributed by atoms with Crippen molar-refractivity contribution in [1.29, 1.82) is 0 Å². The molecule has 1 amide bonds. The fourth-order valence-corrected chi connectivity index (χ4v) is 4.59.